The average Bonchev–Trinajstić information content (AvgIpc) is 3.26. The van der Waals surface area contributed by atoms with Crippen LogP contribution in [0.2, 0.25) is 0 Å². The number of hydrogen-bond donors (Lipinski definition) is 0. The first-order chi connectivity index (χ1) is 19.3. The Morgan fingerprint density at radius 1 is 1.20 bits per heavy atom. The number of carbonyl (C=O) groups is 2. The Balaban J connectivity index is 1.49. The summed E-state index contributed by atoms with van der Waals surface area (Å²) in [5.74, 6) is 6.79. The van der Waals surface area contributed by atoms with Crippen LogP contribution in [0.1, 0.15) is 63.9 Å². The number of ether oxygens (including phenoxy) is 2. The van der Waals surface area contributed by atoms with E-state index in [-0.39, 0.29) is 35.9 Å². The Bertz CT molecular complexity index is 1310. The molecular weight excluding hydrogens is 505 g/mol. The first-order valence-corrected chi connectivity index (χ1v) is 14.8. The highest BCUT2D eigenvalue weighted by atomic mass is 19.1. The highest BCUT2D eigenvalue weighted by molar-refractivity contribution is 5.93. The topological polar surface area (TPSA) is 55.8 Å². The van der Waals surface area contributed by atoms with Crippen molar-refractivity contribution in [3.63, 3.8) is 0 Å². The van der Waals surface area contributed by atoms with Gasteiger partial charge in [-0.15, -0.1) is 5.92 Å². The zero-order valence-electron chi connectivity index (χ0n) is 23.9. The van der Waals surface area contributed by atoms with E-state index in [9.17, 15) is 9.59 Å². The lowest BCUT2D eigenvalue weighted by atomic mass is 9.48. The van der Waals surface area contributed by atoms with E-state index >= 15 is 4.39 Å². The summed E-state index contributed by atoms with van der Waals surface area (Å²) >= 11 is 0. The van der Waals surface area contributed by atoms with Crippen LogP contribution in [0.5, 0.6) is 0 Å². The molecule has 212 valence electrons. The number of carbonyl (C=O) groups excluding carboxylic acids is 2. The molecule has 40 heavy (non-hydrogen) atoms. The minimum Gasteiger partial charge on any atom is -0.378 e. The van der Waals surface area contributed by atoms with Crippen LogP contribution in [0.15, 0.2) is 47.1 Å². The van der Waals surface area contributed by atoms with E-state index in [1.165, 1.54) is 16.8 Å². The molecule has 6 heteroatoms. The summed E-state index contributed by atoms with van der Waals surface area (Å²) in [6, 6.07) is 8.84. The second-order valence-corrected chi connectivity index (χ2v) is 12.5. The van der Waals surface area contributed by atoms with Crippen LogP contribution in [-0.4, -0.2) is 57.8 Å². The Morgan fingerprint density at radius 2 is 1.95 bits per heavy atom. The van der Waals surface area contributed by atoms with Crippen LogP contribution in [0.4, 0.5) is 10.1 Å². The van der Waals surface area contributed by atoms with E-state index in [2.05, 4.69) is 47.9 Å². The van der Waals surface area contributed by atoms with Crippen LogP contribution < -0.4 is 4.90 Å². The van der Waals surface area contributed by atoms with Crippen LogP contribution in [0, 0.1) is 34.5 Å². The van der Waals surface area contributed by atoms with E-state index in [0.29, 0.717) is 31.3 Å². The van der Waals surface area contributed by atoms with E-state index in [0.717, 1.165) is 44.7 Å². The van der Waals surface area contributed by atoms with Crippen LogP contribution in [0.25, 0.3) is 0 Å². The van der Waals surface area contributed by atoms with Gasteiger partial charge in [-0.3, -0.25) is 9.59 Å². The maximum absolute atomic E-state index is 15.9. The van der Waals surface area contributed by atoms with Crippen molar-refractivity contribution >= 4 is 17.3 Å². The number of Topliss-reactive ketones (excluding diaryl/α,β-unsaturated/α-hetero) is 1. The molecule has 1 aromatic carbocycles. The summed E-state index contributed by atoms with van der Waals surface area (Å²) in [5.41, 5.74) is 4.13. The smallest absolute Gasteiger partial charge is 0.176 e. The molecule has 1 aromatic rings. The van der Waals surface area contributed by atoms with Gasteiger partial charge in [-0.05, 0) is 91.2 Å². The minimum absolute atomic E-state index is 0.0221. The van der Waals surface area contributed by atoms with Gasteiger partial charge >= 0.3 is 0 Å². The third kappa shape index (κ3) is 4.20. The number of allylic oxidation sites excluding steroid dienone is 4. The van der Waals surface area contributed by atoms with Crippen molar-refractivity contribution in [1.82, 2.24) is 0 Å². The first-order valence-electron chi connectivity index (χ1n) is 14.8. The number of nitrogens with zero attached hydrogens (tertiary/aromatic N) is 1. The van der Waals surface area contributed by atoms with Crippen molar-refractivity contribution < 1.29 is 23.5 Å². The van der Waals surface area contributed by atoms with Gasteiger partial charge in [0.15, 0.2) is 11.6 Å². The first kappa shape index (κ1) is 27.4. The molecule has 0 amide bonds. The maximum Gasteiger partial charge on any atom is 0.176 e. The zero-order valence-corrected chi connectivity index (χ0v) is 23.9. The molecule has 6 rings (SSSR count). The number of fused-ring (bicyclic) bond motifs is 4. The van der Waals surface area contributed by atoms with Gasteiger partial charge < -0.3 is 14.4 Å². The second-order valence-electron chi connectivity index (χ2n) is 12.5. The maximum atomic E-state index is 15.9. The molecule has 5 nitrogen and oxygen atoms in total. The van der Waals surface area contributed by atoms with Crippen LogP contribution in [-0.2, 0) is 19.1 Å². The third-order valence-corrected chi connectivity index (χ3v) is 10.7. The Labute approximate surface area is 237 Å². The summed E-state index contributed by atoms with van der Waals surface area (Å²) in [5, 5.41) is 0. The molecule has 0 radical (unpaired) electrons. The lowest BCUT2D eigenvalue weighted by Crippen LogP contribution is -2.52. The molecule has 0 bridgehead atoms. The normalized spacial score (nSPS) is 35.2. The fourth-order valence-corrected chi connectivity index (χ4v) is 8.90. The monoisotopic (exact) mass is 545 g/mol. The Morgan fingerprint density at radius 3 is 2.65 bits per heavy atom. The highest BCUT2D eigenvalue weighted by Gasteiger charge is 2.66. The molecule has 6 atom stereocenters. The van der Waals surface area contributed by atoms with E-state index in [1.807, 2.05) is 6.92 Å². The summed E-state index contributed by atoms with van der Waals surface area (Å²) in [6.45, 7) is 7.30. The number of benzene rings is 1. The molecule has 1 saturated heterocycles. The average molecular weight is 546 g/mol. The fourth-order valence-electron chi connectivity index (χ4n) is 8.90. The lowest BCUT2D eigenvalue weighted by Gasteiger charge is -2.55. The number of ketones is 2. The van der Waals surface area contributed by atoms with Gasteiger partial charge in [0.25, 0.3) is 0 Å². The number of methoxy groups -OCH3 is 1. The molecule has 3 fully saturated rings. The largest absolute Gasteiger partial charge is 0.378 e. The Kier molecular flexibility index (Phi) is 7.25. The van der Waals surface area contributed by atoms with Crippen molar-refractivity contribution in [3.8, 4) is 11.8 Å². The number of rotatable bonds is 5. The van der Waals surface area contributed by atoms with Crippen molar-refractivity contribution in [3.05, 3.63) is 52.6 Å². The number of alkyl halides is 1. The van der Waals surface area contributed by atoms with Gasteiger partial charge in [-0.25, -0.2) is 4.39 Å². The minimum atomic E-state index is -1.15. The molecule has 2 saturated carbocycles. The number of morpholine rings is 1. The summed E-state index contributed by atoms with van der Waals surface area (Å²) in [6.07, 6.45) is 4.12. The molecule has 5 aliphatic rings. The molecular formula is C34H40FNO4. The molecule has 1 unspecified atom stereocenters. The van der Waals surface area contributed by atoms with Gasteiger partial charge in [-0.1, -0.05) is 30.6 Å². The second kappa shape index (κ2) is 10.6. The highest BCUT2D eigenvalue weighted by Crippen LogP contribution is 2.69. The van der Waals surface area contributed by atoms with Crippen LogP contribution in [0.3, 0.4) is 0 Å². The van der Waals surface area contributed by atoms with Crippen LogP contribution >= 0.6 is 0 Å². The standard InChI is InChI=1S/C34H40FNO4/c1-4-12-34(31(38)21-39-3)13-11-29-27-19-30(35)26-18-24(37)9-10-25(26)32(27)28(20-33(29,34)2)22-5-7-23(8-6-22)36-14-16-40-17-15-36/h5-8,18,27-30H,9-11,13-17,19-21H2,1-3H3/t27-,28+,29-,30?,33-,34+/m0/s1. The number of halogens is 1. The van der Waals surface area contributed by atoms with Gasteiger partial charge in [0, 0.05) is 38.2 Å². The number of anilines is 1. The summed E-state index contributed by atoms with van der Waals surface area (Å²) < 4.78 is 26.8. The summed E-state index contributed by atoms with van der Waals surface area (Å²) in [7, 11) is 1.56. The molecule has 1 heterocycles. The quantitative estimate of drug-likeness (QED) is 0.451. The van der Waals surface area contributed by atoms with Crippen molar-refractivity contribution in [2.45, 2.75) is 64.5 Å². The molecule has 4 aliphatic carbocycles. The fraction of sp³-hybridized carbons (Fsp3) is 0.588. The van der Waals surface area contributed by atoms with Gasteiger partial charge in [-0.2, -0.15) is 0 Å². The zero-order chi connectivity index (χ0) is 28.1. The van der Waals surface area contributed by atoms with Crippen molar-refractivity contribution in [2.24, 2.45) is 22.7 Å². The predicted molar refractivity (Wildman–Crippen MR) is 153 cm³/mol. The summed E-state index contributed by atoms with van der Waals surface area (Å²) in [4.78, 5) is 28.5. The van der Waals surface area contributed by atoms with Gasteiger partial charge in [0.2, 0.25) is 0 Å². The molecule has 0 aromatic heterocycles. The molecule has 1 aliphatic heterocycles. The van der Waals surface area contributed by atoms with Gasteiger partial charge in [0.1, 0.15) is 12.8 Å². The van der Waals surface area contributed by atoms with Crippen molar-refractivity contribution in [1.29, 1.82) is 0 Å². The SMILES string of the molecule is CC#C[C@]1(C(=O)COC)CC[C@H]2[C@@H]3CC(F)C4=CC(=O)CCC4=C3[C@@H](c3ccc(N4CCOCC4)cc3)C[C@@]21C. The number of hydrogen-bond acceptors (Lipinski definition) is 5. The predicted octanol–water partition coefficient (Wildman–Crippen LogP) is 5.60. The van der Waals surface area contributed by atoms with Gasteiger partial charge in [0.05, 0.1) is 18.6 Å². The molecule has 0 N–H and O–H groups in total. The van der Waals surface area contributed by atoms with Crippen molar-refractivity contribution in [2.75, 3.05) is 44.9 Å². The van der Waals surface area contributed by atoms with E-state index in [1.54, 1.807) is 13.2 Å². The third-order valence-electron chi connectivity index (χ3n) is 10.7. The lowest BCUT2D eigenvalue weighted by molar-refractivity contribution is -0.136. The Hall–Kier alpha value is -2.75. The van der Waals surface area contributed by atoms with E-state index < -0.39 is 17.0 Å². The molecule has 0 spiro atoms. The van der Waals surface area contributed by atoms with E-state index in [4.69, 9.17) is 9.47 Å².